The van der Waals surface area contributed by atoms with E-state index in [0.717, 1.165) is 28.4 Å². The Balaban J connectivity index is 2.50. The number of benzene rings is 1. The Bertz CT molecular complexity index is 476. The summed E-state index contributed by atoms with van der Waals surface area (Å²) < 4.78 is 11.8. The van der Waals surface area contributed by atoms with E-state index in [9.17, 15) is 4.79 Å². The number of Topliss-reactive ketones (excluding diaryl/α,β-unsaturated/α-hetero) is 1. The Kier molecular flexibility index (Phi) is 4.07. The molecule has 18 heavy (non-hydrogen) atoms. The molecule has 1 unspecified atom stereocenters. The second-order valence-corrected chi connectivity index (χ2v) is 5.43. The first-order valence-corrected chi connectivity index (χ1v) is 6.85. The van der Waals surface area contributed by atoms with Crippen LogP contribution < -0.4 is 4.74 Å². The predicted molar refractivity (Wildman–Crippen MR) is 73.5 cm³/mol. The molecule has 1 aliphatic rings. The molecule has 0 aromatic heterocycles. The lowest BCUT2D eigenvalue weighted by Gasteiger charge is -2.17. The van der Waals surface area contributed by atoms with Gasteiger partial charge in [0.25, 0.3) is 0 Å². The monoisotopic (exact) mass is 312 g/mol. The minimum absolute atomic E-state index is 0.0336. The van der Waals surface area contributed by atoms with Gasteiger partial charge in [-0.2, -0.15) is 0 Å². The molecule has 1 aromatic rings. The summed E-state index contributed by atoms with van der Waals surface area (Å²) in [6.45, 7) is 4.54. The van der Waals surface area contributed by atoms with Gasteiger partial charge in [-0.25, -0.2) is 0 Å². The maximum atomic E-state index is 12.5. The quantitative estimate of drug-likeness (QED) is 0.802. The number of carbonyl (C=O) groups excluding carboxylic acids is 1. The highest BCUT2D eigenvalue weighted by Gasteiger charge is 2.29. The first-order chi connectivity index (χ1) is 8.56. The van der Waals surface area contributed by atoms with E-state index in [4.69, 9.17) is 9.47 Å². The Morgan fingerprint density at radius 1 is 1.50 bits per heavy atom. The highest BCUT2D eigenvalue weighted by Crippen LogP contribution is 2.34. The van der Waals surface area contributed by atoms with Gasteiger partial charge in [-0.1, -0.05) is 15.9 Å². The summed E-state index contributed by atoms with van der Waals surface area (Å²) in [6, 6.07) is 1.97. The van der Waals surface area contributed by atoms with Crippen molar-refractivity contribution in [1.82, 2.24) is 0 Å². The molecule has 0 radical (unpaired) electrons. The van der Waals surface area contributed by atoms with Crippen molar-refractivity contribution in [2.24, 2.45) is 0 Å². The normalized spacial score (nSPS) is 19.0. The summed E-state index contributed by atoms with van der Waals surface area (Å²) in [4.78, 5) is 12.5. The molecule has 1 atom stereocenters. The van der Waals surface area contributed by atoms with Gasteiger partial charge in [0, 0.05) is 11.1 Å². The van der Waals surface area contributed by atoms with Crippen molar-refractivity contribution in [3.63, 3.8) is 0 Å². The molecule has 2 rings (SSSR count). The lowest BCUT2D eigenvalue weighted by atomic mass is 9.96. The van der Waals surface area contributed by atoms with Crippen LogP contribution in [-0.2, 0) is 4.74 Å². The third kappa shape index (κ3) is 2.31. The zero-order valence-corrected chi connectivity index (χ0v) is 12.5. The molecular weight excluding hydrogens is 296 g/mol. The number of ketones is 1. The molecule has 0 aliphatic carbocycles. The topological polar surface area (TPSA) is 35.5 Å². The minimum Gasteiger partial charge on any atom is -0.496 e. The van der Waals surface area contributed by atoms with E-state index in [-0.39, 0.29) is 11.9 Å². The van der Waals surface area contributed by atoms with Crippen LogP contribution in [0.2, 0.25) is 0 Å². The Hall–Kier alpha value is -0.870. The van der Waals surface area contributed by atoms with Gasteiger partial charge in [-0.3, -0.25) is 4.79 Å². The molecule has 1 heterocycles. The highest BCUT2D eigenvalue weighted by atomic mass is 79.9. The highest BCUT2D eigenvalue weighted by molar-refractivity contribution is 9.10. The van der Waals surface area contributed by atoms with Crippen LogP contribution in [0.25, 0.3) is 0 Å². The van der Waals surface area contributed by atoms with E-state index in [0.29, 0.717) is 17.9 Å². The molecule has 1 aliphatic heterocycles. The van der Waals surface area contributed by atoms with Crippen LogP contribution in [0.15, 0.2) is 10.5 Å². The van der Waals surface area contributed by atoms with E-state index in [1.807, 2.05) is 19.9 Å². The van der Waals surface area contributed by atoms with Crippen LogP contribution in [0, 0.1) is 13.8 Å². The molecule has 0 amide bonds. The van der Waals surface area contributed by atoms with E-state index in [2.05, 4.69) is 15.9 Å². The lowest BCUT2D eigenvalue weighted by molar-refractivity contribution is 0.0639. The van der Waals surface area contributed by atoms with Crippen molar-refractivity contribution in [3.05, 3.63) is 27.2 Å². The molecular formula is C14H17BrO3. The fraction of sp³-hybridized carbons (Fsp3) is 0.500. The number of aryl methyl sites for hydroxylation is 1. The van der Waals surface area contributed by atoms with Crippen LogP contribution in [0.3, 0.4) is 0 Å². The Labute approximate surface area is 116 Å². The summed E-state index contributed by atoms with van der Waals surface area (Å²) in [5.74, 6) is 0.697. The molecule has 1 fully saturated rings. The van der Waals surface area contributed by atoms with Gasteiger partial charge in [-0.05, 0) is 43.9 Å². The third-order valence-electron chi connectivity index (χ3n) is 3.33. The molecule has 1 aromatic carbocycles. The molecule has 4 heteroatoms. The maximum absolute atomic E-state index is 12.5. The van der Waals surface area contributed by atoms with Crippen molar-refractivity contribution in [1.29, 1.82) is 0 Å². The molecule has 0 saturated carbocycles. The van der Waals surface area contributed by atoms with Gasteiger partial charge in [-0.15, -0.1) is 0 Å². The van der Waals surface area contributed by atoms with Gasteiger partial charge in [0.2, 0.25) is 0 Å². The largest absolute Gasteiger partial charge is 0.496 e. The summed E-state index contributed by atoms with van der Waals surface area (Å²) >= 11 is 3.49. The number of carbonyl (C=O) groups is 1. The molecule has 3 nitrogen and oxygen atoms in total. The number of hydrogen-bond acceptors (Lipinski definition) is 3. The van der Waals surface area contributed by atoms with Gasteiger partial charge in [0.15, 0.2) is 5.78 Å². The third-order valence-corrected chi connectivity index (χ3v) is 4.16. The lowest BCUT2D eigenvalue weighted by Crippen LogP contribution is -2.21. The molecule has 98 valence electrons. The van der Waals surface area contributed by atoms with Crippen LogP contribution >= 0.6 is 15.9 Å². The van der Waals surface area contributed by atoms with Crippen LogP contribution in [-0.4, -0.2) is 25.6 Å². The van der Waals surface area contributed by atoms with Gasteiger partial charge in [0.05, 0.1) is 12.7 Å². The second-order valence-electron chi connectivity index (χ2n) is 4.57. The number of hydrogen-bond donors (Lipinski definition) is 0. The van der Waals surface area contributed by atoms with Gasteiger partial charge < -0.3 is 9.47 Å². The molecule has 0 spiro atoms. The van der Waals surface area contributed by atoms with Crippen molar-refractivity contribution in [2.75, 3.05) is 13.7 Å². The van der Waals surface area contributed by atoms with E-state index >= 15 is 0 Å². The number of halogens is 1. The van der Waals surface area contributed by atoms with Gasteiger partial charge >= 0.3 is 0 Å². The summed E-state index contributed by atoms with van der Waals surface area (Å²) in [6.07, 6.45) is 1.43. The SMILES string of the molecule is COc1c(C)cc(Br)c(C)c1C(=O)C1CCCO1. The first-order valence-electron chi connectivity index (χ1n) is 6.05. The summed E-state index contributed by atoms with van der Waals surface area (Å²) in [5, 5.41) is 0. The predicted octanol–water partition coefficient (Wildman–Crippen LogP) is 3.44. The number of methoxy groups -OCH3 is 1. The zero-order valence-electron chi connectivity index (χ0n) is 10.9. The fourth-order valence-electron chi connectivity index (χ4n) is 2.36. The molecule has 1 saturated heterocycles. The Morgan fingerprint density at radius 3 is 2.78 bits per heavy atom. The zero-order chi connectivity index (χ0) is 13.3. The number of rotatable bonds is 3. The molecule has 0 bridgehead atoms. The van der Waals surface area contributed by atoms with E-state index in [1.165, 1.54) is 0 Å². The first kappa shape index (κ1) is 13.6. The standard InChI is InChI=1S/C14H17BrO3/c1-8-7-10(15)9(2)12(14(8)17-3)13(16)11-5-4-6-18-11/h7,11H,4-6H2,1-3H3. The van der Waals surface area contributed by atoms with Crippen LogP contribution in [0.5, 0.6) is 5.75 Å². The van der Waals surface area contributed by atoms with Gasteiger partial charge in [0.1, 0.15) is 11.9 Å². The maximum Gasteiger partial charge on any atom is 0.195 e. The number of ether oxygens (including phenoxy) is 2. The summed E-state index contributed by atoms with van der Waals surface area (Å²) in [7, 11) is 1.60. The van der Waals surface area contributed by atoms with E-state index < -0.39 is 0 Å². The minimum atomic E-state index is -0.314. The van der Waals surface area contributed by atoms with Crippen molar-refractivity contribution in [3.8, 4) is 5.75 Å². The van der Waals surface area contributed by atoms with Crippen molar-refractivity contribution < 1.29 is 14.3 Å². The van der Waals surface area contributed by atoms with E-state index in [1.54, 1.807) is 7.11 Å². The average molecular weight is 313 g/mol. The summed E-state index contributed by atoms with van der Waals surface area (Å²) in [5.41, 5.74) is 2.52. The van der Waals surface area contributed by atoms with Crippen molar-refractivity contribution >= 4 is 21.7 Å². The molecule has 0 N–H and O–H groups in total. The fourth-order valence-corrected chi connectivity index (χ4v) is 2.90. The van der Waals surface area contributed by atoms with Crippen LogP contribution in [0.4, 0.5) is 0 Å². The second kappa shape index (κ2) is 5.41. The van der Waals surface area contributed by atoms with Crippen LogP contribution in [0.1, 0.15) is 34.3 Å². The Morgan fingerprint density at radius 2 is 2.22 bits per heavy atom. The average Bonchev–Trinajstić information content (AvgIpc) is 2.86. The smallest absolute Gasteiger partial charge is 0.195 e. The van der Waals surface area contributed by atoms with Crippen molar-refractivity contribution in [2.45, 2.75) is 32.8 Å².